The second-order valence-electron chi connectivity index (χ2n) is 9.04. The Morgan fingerprint density at radius 3 is 1.94 bits per heavy atom. The lowest BCUT2D eigenvalue weighted by atomic mass is 10.2. The van der Waals surface area contributed by atoms with Gasteiger partial charge in [-0.3, -0.25) is 9.69 Å². The normalized spacial score (nSPS) is 14.1. The van der Waals surface area contributed by atoms with Gasteiger partial charge in [-0.25, -0.2) is 4.79 Å². The van der Waals surface area contributed by atoms with E-state index in [9.17, 15) is 9.59 Å². The van der Waals surface area contributed by atoms with Crippen LogP contribution in [-0.4, -0.2) is 69.5 Å². The molecule has 3 heterocycles. The predicted molar refractivity (Wildman–Crippen MR) is 140 cm³/mol. The van der Waals surface area contributed by atoms with Gasteiger partial charge in [0.1, 0.15) is 11.4 Å². The van der Waals surface area contributed by atoms with Gasteiger partial charge in [0.25, 0.3) is 5.91 Å². The number of nitrogens with one attached hydrogen (secondary N) is 2. The Labute approximate surface area is 205 Å². The summed E-state index contributed by atoms with van der Waals surface area (Å²) in [4.78, 5) is 33.7. The van der Waals surface area contributed by atoms with Crippen molar-refractivity contribution in [3.05, 3.63) is 72.1 Å². The molecule has 0 aliphatic carbocycles. The Bertz CT molecular complexity index is 1200. The van der Waals surface area contributed by atoms with E-state index in [-0.39, 0.29) is 11.6 Å². The summed E-state index contributed by atoms with van der Waals surface area (Å²) in [5.41, 5.74) is 2.83. The van der Waals surface area contributed by atoms with Crippen molar-refractivity contribution < 1.29 is 14.7 Å². The molecule has 7 heteroatoms. The number of carboxylic acids is 1. The van der Waals surface area contributed by atoms with Gasteiger partial charge >= 0.3 is 5.97 Å². The number of aromatic carboxylic acids is 1. The number of nitrogens with zero attached hydrogens (tertiary/aromatic N) is 2. The van der Waals surface area contributed by atoms with Gasteiger partial charge in [-0.15, -0.1) is 0 Å². The number of carboxylic acid groups (broad SMARTS) is 1. The van der Waals surface area contributed by atoms with E-state index < -0.39 is 5.97 Å². The molecule has 1 fully saturated rings. The fraction of sp³-hybridized carbons (Fsp3) is 0.357. The van der Waals surface area contributed by atoms with E-state index in [2.05, 4.69) is 21.8 Å². The maximum atomic E-state index is 12.7. The topological polar surface area (TPSA) is 92.4 Å². The van der Waals surface area contributed by atoms with Gasteiger partial charge in [-0.2, -0.15) is 0 Å². The average Bonchev–Trinajstić information content (AvgIpc) is 3.52. The molecular weight excluding hydrogens is 440 g/mol. The lowest BCUT2D eigenvalue weighted by Crippen LogP contribution is -2.48. The molecule has 35 heavy (non-hydrogen) atoms. The molecule has 4 aromatic rings. The van der Waals surface area contributed by atoms with Crippen LogP contribution in [0.25, 0.3) is 21.8 Å². The van der Waals surface area contributed by atoms with E-state index in [1.165, 1.54) is 32.2 Å². The van der Waals surface area contributed by atoms with Crippen LogP contribution in [0.15, 0.2) is 60.7 Å². The van der Waals surface area contributed by atoms with Gasteiger partial charge in [0.2, 0.25) is 0 Å². The molecule has 0 spiro atoms. The molecule has 1 aliphatic rings. The molecule has 5 rings (SSSR count). The zero-order valence-corrected chi connectivity index (χ0v) is 20.3. The van der Waals surface area contributed by atoms with E-state index in [1.807, 2.05) is 59.5 Å². The fourth-order valence-electron chi connectivity index (χ4n) is 4.48. The third kappa shape index (κ3) is 6.31. The second-order valence-corrected chi connectivity index (χ2v) is 9.04. The highest BCUT2D eigenvalue weighted by atomic mass is 16.4. The van der Waals surface area contributed by atoms with E-state index in [4.69, 9.17) is 5.11 Å². The van der Waals surface area contributed by atoms with Crippen molar-refractivity contribution in [1.29, 1.82) is 0 Å². The summed E-state index contributed by atoms with van der Waals surface area (Å²) in [5.74, 6) is -0.793. The van der Waals surface area contributed by atoms with Gasteiger partial charge in [0.05, 0.1) is 0 Å². The number of carbonyl (C=O) groups excluding carboxylic acids is 1. The number of para-hydroxylation sites is 2. The van der Waals surface area contributed by atoms with Crippen LogP contribution in [0.3, 0.4) is 0 Å². The van der Waals surface area contributed by atoms with Crippen LogP contribution in [0.5, 0.6) is 0 Å². The first kappa shape index (κ1) is 24.5. The number of fused-ring (bicyclic) bond motifs is 2. The third-order valence-corrected chi connectivity index (χ3v) is 6.51. The Morgan fingerprint density at radius 2 is 1.37 bits per heavy atom. The summed E-state index contributed by atoms with van der Waals surface area (Å²) < 4.78 is 0. The number of carbonyl (C=O) groups is 2. The van der Waals surface area contributed by atoms with E-state index in [0.717, 1.165) is 48.0 Å². The van der Waals surface area contributed by atoms with Crippen molar-refractivity contribution >= 4 is 33.7 Å². The maximum Gasteiger partial charge on any atom is 0.352 e. The zero-order chi connectivity index (χ0) is 24.6. The summed E-state index contributed by atoms with van der Waals surface area (Å²) in [6.07, 6.45) is 5.22. The van der Waals surface area contributed by atoms with Gasteiger partial charge < -0.3 is 20.0 Å². The Kier molecular flexibility index (Phi) is 8.21. The molecule has 1 amide bonds. The van der Waals surface area contributed by atoms with Gasteiger partial charge in [-0.1, -0.05) is 62.6 Å². The van der Waals surface area contributed by atoms with Crippen molar-refractivity contribution in [3.8, 4) is 0 Å². The number of aromatic nitrogens is 2. The second kappa shape index (κ2) is 11.7. The number of H-pyrrole nitrogens is 2. The highest BCUT2D eigenvalue weighted by molar-refractivity contribution is 5.98. The molecular formula is C28H34N4O3. The average molecular weight is 475 g/mol. The van der Waals surface area contributed by atoms with Crippen LogP contribution in [0.2, 0.25) is 0 Å². The minimum absolute atomic E-state index is 0.131. The summed E-state index contributed by atoms with van der Waals surface area (Å²) >= 11 is 0. The number of rotatable bonds is 7. The number of hydrogen-bond donors (Lipinski definition) is 3. The fourth-order valence-corrected chi connectivity index (χ4v) is 4.48. The summed E-state index contributed by atoms with van der Waals surface area (Å²) in [6, 6.07) is 19.1. The first-order valence-electron chi connectivity index (χ1n) is 12.5. The molecule has 1 aliphatic heterocycles. The summed E-state index contributed by atoms with van der Waals surface area (Å²) in [6.45, 7) is 7.09. The quantitative estimate of drug-likeness (QED) is 0.314. The van der Waals surface area contributed by atoms with E-state index in [1.54, 1.807) is 6.07 Å². The molecule has 1 saturated heterocycles. The number of hydrogen-bond acceptors (Lipinski definition) is 3. The zero-order valence-electron chi connectivity index (χ0n) is 20.3. The van der Waals surface area contributed by atoms with Gasteiger partial charge in [-0.05, 0) is 37.2 Å². The first-order chi connectivity index (χ1) is 17.0. The van der Waals surface area contributed by atoms with Gasteiger partial charge in [0, 0.05) is 48.0 Å². The highest BCUT2D eigenvalue weighted by Gasteiger charge is 2.22. The molecule has 0 bridgehead atoms. The highest BCUT2D eigenvalue weighted by Crippen LogP contribution is 2.17. The minimum atomic E-state index is -0.925. The third-order valence-electron chi connectivity index (χ3n) is 6.51. The molecule has 3 N–H and O–H groups in total. The number of aromatic amines is 2. The molecule has 2 aromatic heterocycles. The molecule has 7 nitrogen and oxygen atoms in total. The minimum Gasteiger partial charge on any atom is -0.477 e. The number of amides is 1. The van der Waals surface area contributed by atoms with Gasteiger partial charge in [0.15, 0.2) is 0 Å². The predicted octanol–water partition coefficient (Wildman–Crippen LogP) is 5.37. The first-order valence-corrected chi connectivity index (χ1v) is 12.5. The number of piperazine rings is 1. The molecule has 0 atom stereocenters. The summed E-state index contributed by atoms with van der Waals surface area (Å²) in [7, 11) is 0. The van der Waals surface area contributed by atoms with Crippen molar-refractivity contribution in [3.63, 3.8) is 0 Å². The molecule has 0 unspecified atom stereocenters. The van der Waals surface area contributed by atoms with Crippen LogP contribution >= 0.6 is 0 Å². The van der Waals surface area contributed by atoms with Crippen LogP contribution < -0.4 is 0 Å². The van der Waals surface area contributed by atoms with Crippen molar-refractivity contribution in [2.24, 2.45) is 0 Å². The molecule has 184 valence electrons. The van der Waals surface area contributed by atoms with E-state index >= 15 is 0 Å². The summed E-state index contributed by atoms with van der Waals surface area (Å²) in [5, 5.41) is 10.7. The molecule has 0 saturated carbocycles. The van der Waals surface area contributed by atoms with Crippen molar-refractivity contribution in [1.82, 2.24) is 19.8 Å². The molecule has 2 aromatic carbocycles. The SMILES string of the molecule is CCCCCCN1CCN(C(=O)c2cc3ccccc3[nH]2)CC1.O=C(O)c1cc2ccccc2[nH]1. The Balaban J connectivity index is 0.000000201. The maximum absolute atomic E-state index is 12.7. The number of benzene rings is 2. The van der Waals surface area contributed by atoms with E-state index in [0.29, 0.717) is 5.69 Å². The monoisotopic (exact) mass is 474 g/mol. The van der Waals surface area contributed by atoms with Crippen molar-refractivity contribution in [2.75, 3.05) is 32.7 Å². The van der Waals surface area contributed by atoms with Crippen LogP contribution in [0, 0.1) is 0 Å². The lowest BCUT2D eigenvalue weighted by molar-refractivity contribution is 0.0629. The Hall–Kier alpha value is -3.58. The van der Waals surface area contributed by atoms with Crippen LogP contribution in [0.4, 0.5) is 0 Å². The molecule has 0 radical (unpaired) electrons. The largest absolute Gasteiger partial charge is 0.477 e. The smallest absolute Gasteiger partial charge is 0.352 e. The number of unbranched alkanes of at least 4 members (excludes halogenated alkanes) is 3. The lowest BCUT2D eigenvalue weighted by Gasteiger charge is -2.34. The van der Waals surface area contributed by atoms with Crippen molar-refractivity contribution in [2.45, 2.75) is 32.6 Å². The standard InChI is InChI=1S/C19H27N3O.C9H7NO2/c1-2-3-4-7-10-21-11-13-22(14-12-21)19(23)18-15-16-8-5-6-9-17(16)20-18;11-9(12)8-5-6-3-1-2-4-7(6)10-8/h5-6,8-9,15,20H,2-4,7,10-14H2,1H3;1-5,10H,(H,11,12). The Morgan fingerprint density at radius 1 is 0.800 bits per heavy atom. The van der Waals surface area contributed by atoms with Crippen LogP contribution in [0.1, 0.15) is 53.6 Å². The van der Waals surface area contributed by atoms with Crippen LogP contribution in [-0.2, 0) is 0 Å².